The number of hydrogen-bond donors (Lipinski definition) is 2. The molecule has 24 heavy (non-hydrogen) atoms. The molecule has 0 bridgehead atoms. The van der Waals surface area contributed by atoms with Gasteiger partial charge < -0.3 is 10.8 Å². The summed E-state index contributed by atoms with van der Waals surface area (Å²) in [5, 5.41) is 7.00. The summed E-state index contributed by atoms with van der Waals surface area (Å²) in [4.78, 5) is 0. The Balaban J connectivity index is 0.00000139. The van der Waals surface area contributed by atoms with Crippen molar-refractivity contribution in [2.45, 2.75) is 90.5 Å². The molecule has 3 N–H and O–H groups in total. The van der Waals surface area contributed by atoms with Gasteiger partial charge in [0.15, 0.2) is 0 Å². The number of aliphatic hydroxyl groups excluding tert-OH is 1. The van der Waals surface area contributed by atoms with Crippen LogP contribution in [0, 0.1) is 5.92 Å². The highest BCUT2D eigenvalue weighted by atomic mass is 16.2. The summed E-state index contributed by atoms with van der Waals surface area (Å²) in [5.41, 5.74) is 11.0. The van der Waals surface area contributed by atoms with Crippen LogP contribution >= 0.6 is 0 Å². The summed E-state index contributed by atoms with van der Waals surface area (Å²) in [6, 6.07) is 7.62. The van der Waals surface area contributed by atoms with Gasteiger partial charge in [0.2, 0.25) is 0 Å². The van der Waals surface area contributed by atoms with E-state index in [4.69, 9.17) is 10.8 Å². The lowest BCUT2D eigenvalue weighted by atomic mass is 9.79. The third kappa shape index (κ3) is 6.94. The molecule has 2 rings (SSSR count). The Labute approximate surface area is 149 Å². The van der Waals surface area contributed by atoms with Crippen molar-refractivity contribution in [3.63, 3.8) is 0 Å². The molecule has 0 heterocycles. The summed E-state index contributed by atoms with van der Waals surface area (Å²) in [6.45, 7) is 4.49. The van der Waals surface area contributed by atoms with E-state index in [2.05, 4.69) is 32.0 Å². The van der Waals surface area contributed by atoms with Gasteiger partial charge in [-0.3, -0.25) is 0 Å². The third-order valence-corrected chi connectivity index (χ3v) is 5.43. The summed E-state index contributed by atoms with van der Waals surface area (Å²) in [5.74, 6) is 0.696. The minimum absolute atomic E-state index is 0.385. The normalized spacial score (nSPS) is 17.6. The minimum Gasteiger partial charge on any atom is -0.400 e. The third-order valence-electron chi connectivity index (χ3n) is 5.43. The zero-order valence-electron chi connectivity index (χ0n) is 16.2. The lowest BCUT2D eigenvalue weighted by molar-refractivity contribution is 0.367. The topological polar surface area (TPSA) is 46.2 Å². The predicted molar refractivity (Wildman–Crippen MR) is 105 cm³/mol. The van der Waals surface area contributed by atoms with Gasteiger partial charge in [-0.05, 0) is 61.1 Å². The molecule has 1 aliphatic rings. The van der Waals surface area contributed by atoms with E-state index in [-0.39, 0.29) is 0 Å². The van der Waals surface area contributed by atoms with Crippen molar-refractivity contribution in [1.29, 1.82) is 0 Å². The zero-order chi connectivity index (χ0) is 17.8. The van der Waals surface area contributed by atoms with Crippen LogP contribution in [0.15, 0.2) is 18.2 Å². The number of rotatable bonds is 9. The van der Waals surface area contributed by atoms with Crippen LogP contribution in [0.3, 0.4) is 0 Å². The van der Waals surface area contributed by atoms with Crippen LogP contribution in [0.4, 0.5) is 0 Å². The van der Waals surface area contributed by atoms with Gasteiger partial charge in [-0.2, -0.15) is 0 Å². The first-order valence-electron chi connectivity index (χ1n) is 10.1. The number of aryl methyl sites for hydroxylation is 2. The van der Waals surface area contributed by atoms with Gasteiger partial charge >= 0.3 is 0 Å². The van der Waals surface area contributed by atoms with Gasteiger partial charge in [0.05, 0.1) is 0 Å². The van der Waals surface area contributed by atoms with Crippen LogP contribution in [0.1, 0.15) is 81.9 Å². The largest absolute Gasteiger partial charge is 0.400 e. The molecule has 2 heteroatoms. The number of aliphatic hydroxyl groups is 1. The van der Waals surface area contributed by atoms with E-state index in [1.54, 1.807) is 16.7 Å². The second kappa shape index (κ2) is 12.5. The van der Waals surface area contributed by atoms with E-state index >= 15 is 0 Å². The maximum atomic E-state index is 7.00. The Morgan fingerprint density at radius 1 is 1.04 bits per heavy atom. The van der Waals surface area contributed by atoms with Gasteiger partial charge in [-0.25, -0.2) is 0 Å². The number of hydrogen-bond acceptors (Lipinski definition) is 2. The van der Waals surface area contributed by atoms with E-state index in [9.17, 15) is 0 Å². The van der Waals surface area contributed by atoms with Crippen LogP contribution in [0.5, 0.6) is 0 Å². The fourth-order valence-electron chi connectivity index (χ4n) is 3.80. The van der Waals surface area contributed by atoms with Crippen molar-refractivity contribution in [1.82, 2.24) is 0 Å². The van der Waals surface area contributed by atoms with Crippen molar-refractivity contribution in [3.05, 3.63) is 34.9 Å². The summed E-state index contributed by atoms with van der Waals surface area (Å²) in [7, 11) is 1.00. The molecular weight excluding hydrogens is 294 g/mol. The SMILES string of the molecule is CCCCCCCCc1ccc2c(c1)CCC(C(N)CC)C2.CO. The van der Waals surface area contributed by atoms with Crippen LogP contribution in [0.2, 0.25) is 0 Å². The predicted octanol–water partition coefficient (Wildman–Crippen LogP) is 5.04. The van der Waals surface area contributed by atoms with E-state index in [1.807, 2.05) is 0 Å². The average molecular weight is 334 g/mol. The van der Waals surface area contributed by atoms with Gasteiger partial charge in [0.1, 0.15) is 0 Å². The van der Waals surface area contributed by atoms with Crippen LogP contribution in [-0.4, -0.2) is 18.3 Å². The zero-order valence-corrected chi connectivity index (χ0v) is 16.2. The Bertz CT molecular complexity index is 444. The van der Waals surface area contributed by atoms with Gasteiger partial charge in [-0.1, -0.05) is 64.2 Å². The lowest BCUT2D eigenvalue weighted by Gasteiger charge is -2.29. The van der Waals surface area contributed by atoms with Crippen molar-refractivity contribution in [2.24, 2.45) is 11.7 Å². The second-order valence-electron chi connectivity index (χ2n) is 7.20. The molecule has 0 amide bonds. The molecule has 1 aromatic carbocycles. The molecule has 0 spiro atoms. The molecule has 0 aromatic heterocycles. The number of unbranched alkanes of at least 4 members (excludes halogenated alkanes) is 5. The summed E-state index contributed by atoms with van der Waals surface area (Å²) < 4.78 is 0. The van der Waals surface area contributed by atoms with Gasteiger partial charge in [0.25, 0.3) is 0 Å². The van der Waals surface area contributed by atoms with Crippen molar-refractivity contribution in [2.75, 3.05) is 7.11 Å². The van der Waals surface area contributed by atoms with Gasteiger partial charge in [0, 0.05) is 13.2 Å². The highest BCUT2D eigenvalue weighted by molar-refractivity contribution is 5.34. The number of benzene rings is 1. The second-order valence-corrected chi connectivity index (χ2v) is 7.20. The van der Waals surface area contributed by atoms with Crippen LogP contribution < -0.4 is 5.73 Å². The quantitative estimate of drug-likeness (QED) is 0.622. The number of fused-ring (bicyclic) bond motifs is 1. The summed E-state index contributed by atoms with van der Waals surface area (Å²) in [6.07, 6.45) is 14.4. The number of nitrogens with two attached hydrogens (primary N) is 1. The molecule has 1 aliphatic carbocycles. The smallest absolute Gasteiger partial charge is 0.0319 e. The monoisotopic (exact) mass is 333 g/mol. The molecule has 0 radical (unpaired) electrons. The van der Waals surface area contributed by atoms with Crippen molar-refractivity contribution < 1.29 is 5.11 Å². The van der Waals surface area contributed by atoms with E-state index < -0.39 is 0 Å². The highest BCUT2D eigenvalue weighted by Gasteiger charge is 2.22. The van der Waals surface area contributed by atoms with Crippen LogP contribution in [0.25, 0.3) is 0 Å². The molecule has 0 saturated heterocycles. The maximum absolute atomic E-state index is 7.00. The van der Waals surface area contributed by atoms with E-state index in [0.717, 1.165) is 13.5 Å². The fraction of sp³-hybridized carbons (Fsp3) is 0.727. The van der Waals surface area contributed by atoms with Gasteiger partial charge in [-0.15, -0.1) is 0 Å². The first-order valence-corrected chi connectivity index (χ1v) is 10.1. The standard InChI is InChI=1S/C21H35N.CH4O/c1-3-5-6-7-8-9-10-17-11-12-19-16-20(21(22)4-2)14-13-18(19)15-17;1-2/h11-12,15,20-21H,3-10,13-14,16,22H2,1-2H3;2H,1H3. The molecule has 0 aliphatic heterocycles. The van der Waals surface area contributed by atoms with Crippen LogP contribution in [-0.2, 0) is 19.3 Å². The first-order chi connectivity index (χ1) is 11.7. The molecule has 138 valence electrons. The Kier molecular flexibility index (Phi) is 11.0. The highest BCUT2D eigenvalue weighted by Crippen LogP contribution is 2.29. The molecule has 2 nitrogen and oxygen atoms in total. The van der Waals surface area contributed by atoms with Crippen molar-refractivity contribution >= 4 is 0 Å². The molecule has 1 aromatic rings. The summed E-state index contributed by atoms with van der Waals surface area (Å²) >= 11 is 0. The molecule has 2 atom stereocenters. The van der Waals surface area contributed by atoms with E-state index in [0.29, 0.717) is 12.0 Å². The van der Waals surface area contributed by atoms with Crippen molar-refractivity contribution in [3.8, 4) is 0 Å². The first kappa shape index (κ1) is 21.2. The molecule has 2 unspecified atom stereocenters. The molecule has 0 fully saturated rings. The van der Waals surface area contributed by atoms with E-state index in [1.165, 1.54) is 64.2 Å². The molecular formula is C22H39NO. The Hall–Kier alpha value is -0.860. The Morgan fingerprint density at radius 3 is 2.46 bits per heavy atom. The fourth-order valence-corrected chi connectivity index (χ4v) is 3.80. The Morgan fingerprint density at radius 2 is 1.75 bits per heavy atom. The maximum Gasteiger partial charge on any atom is 0.0319 e. The average Bonchev–Trinajstić information content (AvgIpc) is 2.65. The molecule has 0 saturated carbocycles. The minimum atomic E-state index is 0.385. The lowest BCUT2D eigenvalue weighted by Crippen LogP contribution is -2.33.